The maximum absolute atomic E-state index is 12.3. The van der Waals surface area contributed by atoms with Gasteiger partial charge in [-0.15, -0.1) is 0 Å². The SMILES string of the molecule is Cc1ncc(S(=O)(=O)N(C)C(CN)C2CC2)[nH]1. The van der Waals surface area contributed by atoms with Crippen LogP contribution >= 0.6 is 0 Å². The van der Waals surface area contributed by atoms with Crippen molar-refractivity contribution in [1.82, 2.24) is 14.3 Å². The van der Waals surface area contributed by atoms with E-state index >= 15 is 0 Å². The summed E-state index contributed by atoms with van der Waals surface area (Å²) in [5.74, 6) is 0.997. The Morgan fingerprint density at radius 2 is 2.29 bits per heavy atom. The van der Waals surface area contributed by atoms with Crippen LogP contribution in [-0.2, 0) is 10.0 Å². The number of sulfonamides is 1. The second kappa shape index (κ2) is 4.40. The molecule has 0 bridgehead atoms. The van der Waals surface area contributed by atoms with Crippen LogP contribution in [0.15, 0.2) is 11.2 Å². The zero-order valence-corrected chi connectivity index (χ0v) is 10.9. The van der Waals surface area contributed by atoms with Gasteiger partial charge in [0, 0.05) is 19.6 Å². The van der Waals surface area contributed by atoms with Crippen molar-refractivity contribution in [1.29, 1.82) is 0 Å². The van der Waals surface area contributed by atoms with Crippen molar-refractivity contribution in [2.24, 2.45) is 11.7 Å². The van der Waals surface area contributed by atoms with Crippen LogP contribution in [0.4, 0.5) is 0 Å². The molecule has 1 fully saturated rings. The first-order chi connectivity index (χ1) is 7.96. The van der Waals surface area contributed by atoms with Crippen molar-refractivity contribution in [3.63, 3.8) is 0 Å². The van der Waals surface area contributed by atoms with Gasteiger partial charge in [0.1, 0.15) is 5.82 Å². The van der Waals surface area contributed by atoms with Crippen molar-refractivity contribution in [2.75, 3.05) is 13.6 Å². The summed E-state index contributed by atoms with van der Waals surface area (Å²) in [4.78, 5) is 6.67. The van der Waals surface area contributed by atoms with E-state index in [1.807, 2.05) is 0 Å². The number of likely N-dealkylation sites (N-methyl/N-ethyl adjacent to an activating group) is 1. The van der Waals surface area contributed by atoms with E-state index in [9.17, 15) is 8.42 Å². The highest BCUT2D eigenvalue weighted by molar-refractivity contribution is 7.89. The summed E-state index contributed by atoms with van der Waals surface area (Å²) in [6.45, 7) is 2.08. The predicted molar refractivity (Wildman–Crippen MR) is 63.8 cm³/mol. The molecule has 1 atom stereocenters. The van der Waals surface area contributed by atoms with Crippen LogP contribution in [0, 0.1) is 12.8 Å². The van der Waals surface area contributed by atoms with Gasteiger partial charge in [-0.2, -0.15) is 4.31 Å². The van der Waals surface area contributed by atoms with E-state index in [2.05, 4.69) is 9.97 Å². The molecular formula is C10H18N4O2S. The molecule has 0 saturated heterocycles. The molecule has 2 rings (SSSR count). The number of aromatic amines is 1. The summed E-state index contributed by atoms with van der Waals surface area (Å²) in [5, 5.41) is 0.136. The molecule has 96 valence electrons. The summed E-state index contributed by atoms with van der Waals surface area (Å²) < 4.78 is 25.9. The minimum atomic E-state index is -3.50. The second-order valence-electron chi connectivity index (χ2n) is 4.49. The Bertz CT molecular complexity index is 492. The lowest BCUT2D eigenvalue weighted by molar-refractivity contribution is 0.339. The Kier molecular flexibility index (Phi) is 3.24. The lowest BCUT2D eigenvalue weighted by Gasteiger charge is -2.25. The van der Waals surface area contributed by atoms with E-state index in [4.69, 9.17) is 5.73 Å². The highest BCUT2D eigenvalue weighted by Gasteiger charge is 2.38. The van der Waals surface area contributed by atoms with Crippen LogP contribution < -0.4 is 5.73 Å². The molecule has 0 amide bonds. The maximum atomic E-state index is 12.3. The van der Waals surface area contributed by atoms with Crippen LogP contribution in [0.2, 0.25) is 0 Å². The molecule has 1 aromatic heterocycles. The molecule has 1 saturated carbocycles. The van der Waals surface area contributed by atoms with E-state index in [1.165, 1.54) is 10.5 Å². The first kappa shape index (κ1) is 12.5. The zero-order valence-electron chi connectivity index (χ0n) is 10.0. The average molecular weight is 258 g/mol. The minimum absolute atomic E-state index is 0.108. The van der Waals surface area contributed by atoms with E-state index in [1.54, 1.807) is 14.0 Å². The van der Waals surface area contributed by atoms with Crippen LogP contribution in [0.1, 0.15) is 18.7 Å². The molecule has 1 aliphatic carbocycles. The highest BCUT2D eigenvalue weighted by atomic mass is 32.2. The fraction of sp³-hybridized carbons (Fsp3) is 0.700. The van der Waals surface area contributed by atoms with E-state index < -0.39 is 10.0 Å². The van der Waals surface area contributed by atoms with Gasteiger partial charge >= 0.3 is 0 Å². The molecule has 17 heavy (non-hydrogen) atoms. The van der Waals surface area contributed by atoms with Gasteiger partial charge in [0.25, 0.3) is 10.0 Å². The number of hydrogen-bond acceptors (Lipinski definition) is 4. The van der Waals surface area contributed by atoms with E-state index in [0.29, 0.717) is 18.3 Å². The van der Waals surface area contributed by atoms with Crippen LogP contribution in [-0.4, -0.2) is 42.3 Å². The van der Waals surface area contributed by atoms with Gasteiger partial charge in [0.2, 0.25) is 0 Å². The quantitative estimate of drug-likeness (QED) is 0.782. The Labute approximate surface area is 101 Å². The summed E-state index contributed by atoms with van der Waals surface area (Å²) in [7, 11) is -1.91. The molecule has 1 heterocycles. The van der Waals surface area contributed by atoms with Gasteiger partial charge in [0.15, 0.2) is 5.03 Å². The predicted octanol–water partition coefficient (Wildman–Crippen LogP) is 0.0759. The number of nitrogens with one attached hydrogen (secondary N) is 1. The third-order valence-corrected chi connectivity index (χ3v) is 5.00. The summed E-state index contributed by atoms with van der Waals surface area (Å²) >= 11 is 0. The fourth-order valence-electron chi connectivity index (χ4n) is 1.98. The first-order valence-corrected chi connectivity index (χ1v) is 7.10. The smallest absolute Gasteiger partial charge is 0.260 e. The number of H-pyrrole nitrogens is 1. The lowest BCUT2D eigenvalue weighted by atomic mass is 10.2. The van der Waals surface area contributed by atoms with Gasteiger partial charge in [-0.3, -0.25) is 0 Å². The van der Waals surface area contributed by atoms with E-state index in [0.717, 1.165) is 12.8 Å². The Morgan fingerprint density at radius 1 is 1.65 bits per heavy atom. The van der Waals surface area contributed by atoms with Crippen molar-refractivity contribution < 1.29 is 8.42 Å². The molecule has 1 aromatic rings. The van der Waals surface area contributed by atoms with Crippen LogP contribution in [0.3, 0.4) is 0 Å². The third-order valence-electron chi connectivity index (χ3n) is 3.21. The third kappa shape index (κ3) is 2.36. The zero-order chi connectivity index (χ0) is 12.6. The molecule has 6 nitrogen and oxygen atoms in total. The number of nitrogens with two attached hydrogens (primary N) is 1. The molecule has 7 heteroatoms. The van der Waals surface area contributed by atoms with Crippen molar-refractivity contribution in [3.05, 3.63) is 12.0 Å². The Morgan fingerprint density at radius 3 is 2.71 bits per heavy atom. The summed E-state index contributed by atoms with van der Waals surface area (Å²) in [6.07, 6.45) is 3.47. The van der Waals surface area contributed by atoms with Gasteiger partial charge in [-0.25, -0.2) is 13.4 Å². The minimum Gasteiger partial charge on any atom is -0.332 e. The first-order valence-electron chi connectivity index (χ1n) is 5.66. The maximum Gasteiger partial charge on any atom is 0.260 e. The summed E-state index contributed by atoms with van der Waals surface area (Å²) in [6, 6.07) is -0.108. The number of imidazole rings is 1. The number of hydrogen-bond donors (Lipinski definition) is 2. The number of aryl methyl sites for hydroxylation is 1. The monoisotopic (exact) mass is 258 g/mol. The molecular weight excluding hydrogens is 240 g/mol. The van der Waals surface area contributed by atoms with Crippen molar-refractivity contribution >= 4 is 10.0 Å². The molecule has 1 unspecified atom stereocenters. The number of rotatable bonds is 5. The fourth-order valence-corrected chi connectivity index (χ4v) is 3.37. The molecule has 1 aliphatic rings. The Hall–Kier alpha value is -0.920. The second-order valence-corrected chi connectivity index (χ2v) is 6.46. The topological polar surface area (TPSA) is 92.1 Å². The average Bonchev–Trinajstić information content (AvgIpc) is 3.01. The van der Waals surface area contributed by atoms with Gasteiger partial charge in [-0.05, 0) is 25.7 Å². The van der Waals surface area contributed by atoms with Crippen molar-refractivity contribution in [2.45, 2.75) is 30.8 Å². The van der Waals surface area contributed by atoms with E-state index in [-0.39, 0.29) is 11.1 Å². The summed E-state index contributed by atoms with van der Waals surface area (Å²) in [5.41, 5.74) is 5.66. The molecule has 0 spiro atoms. The lowest BCUT2D eigenvalue weighted by Crippen LogP contribution is -2.43. The Balaban J connectivity index is 2.25. The molecule has 0 aromatic carbocycles. The number of aromatic nitrogens is 2. The molecule has 3 N–H and O–H groups in total. The van der Waals surface area contributed by atoms with Gasteiger partial charge in [-0.1, -0.05) is 0 Å². The van der Waals surface area contributed by atoms with Gasteiger partial charge < -0.3 is 10.7 Å². The molecule has 0 radical (unpaired) electrons. The highest BCUT2D eigenvalue weighted by Crippen LogP contribution is 2.36. The van der Waals surface area contributed by atoms with Crippen LogP contribution in [0.5, 0.6) is 0 Å². The molecule has 0 aliphatic heterocycles. The van der Waals surface area contributed by atoms with Crippen molar-refractivity contribution in [3.8, 4) is 0 Å². The largest absolute Gasteiger partial charge is 0.332 e. The number of nitrogens with zero attached hydrogens (tertiary/aromatic N) is 2. The standard InChI is InChI=1S/C10H18N4O2S/c1-7-12-6-10(13-7)17(15,16)14(2)9(5-11)8-3-4-8/h6,8-9H,3-5,11H2,1-2H3,(H,12,13). The van der Waals surface area contributed by atoms with Gasteiger partial charge in [0.05, 0.1) is 6.20 Å². The van der Waals surface area contributed by atoms with Crippen LogP contribution in [0.25, 0.3) is 0 Å². The normalized spacial score (nSPS) is 18.6.